The number of carbonyl (C=O) groups excluding carboxylic acids is 1. The normalized spacial score (nSPS) is 11.0. The molecule has 18 heavy (non-hydrogen) atoms. The van der Waals surface area contributed by atoms with E-state index in [1.165, 1.54) is 11.3 Å². The number of benzene rings is 1. The molecule has 2 heterocycles. The molecule has 3 nitrogen and oxygen atoms in total. The fourth-order valence-corrected chi connectivity index (χ4v) is 3.81. The first-order valence-electron chi connectivity index (χ1n) is 4.86. The van der Waals surface area contributed by atoms with Gasteiger partial charge in [-0.15, -0.1) is 11.3 Å². The summed E-state index contributed by atoms with van der Waals surface area (Å²) in [6, 6.07) is 5.26. The van der Waals surface area contributed by atoms with Gasteiger partial charge in [0.25, 0.3) is 0 Å². The van der Waals surface area contributed by atoms with Crippen molar-refractivity contribution in [2.45, 2.75) is 0 Å². The van der Waals surface area contributed by atoms with Crippen molar-refractivity contribution >= 4 is 63.6 Å². The molecule has 7 heteroatoms. The zero-order valence-corrected chi connectivity index (χ0v) is 11.8. The molecule has 3 rings (SSSR count). The Morgan fingerprint density at radius 1 is 1.11 bits per heavy atom. The van der Waals surface area contributed by atoms with Crippen molar-refractivity contribution in [3.8, 4) is 10.4 Å². The predicted molar refractivity (Wildman–Crippen MR) is 76.1 cm³/mol. The van der Waals surface area contributed by atoms with Crippen molar-refractivity contribution in [1.29, 1.82) is 0 Å². The van der Waals surface area contributed by atoms with Gasteiger partial charge in [-0.25, -0.2) is 0 Å². The molecule has 0 unspecified atom stereocenters. The Bertz CT molecular complexity index is 751. The van der Waals surface area contributed by atoms with E-state index in [0.717, 1.165) is 28.5 Å². The molecule has 0 fully saturated rings. The van der Waals surface area contributed by atoms with Crippen LogP contribution in [0.3, 0.4) is 0 Å². The van der Waals surface area contributed by atoms with Crippen LogP contribution in [0.25, 0.3) is 21.5 Å². The molecule has 0 spiro atoms. The van der Waals surface area contributed by atoms with Gasteiger partial charge in [0.2, 0.25) is 0 Å². The van der Waals surface area contributed by atoms with Crippen LogP contribution >= 0.6 is 46.3 Å². The molecule has 0 radical (unpaired) electrons. The van der Waals surface area contributed by atoms with E-state index >= 15 is 0 Å². The molecular weight excluding hydrogens is 311 g/mol. The second-order valence-electron chi connectivity index (χ2n) is 3.50. The molecule has 0 N–H and O–H groups in total. The molecule has 0 bridgehead atoms. The van der Waals surface area contributed by atoms with Crippen LogP contribution in [0, 0.1) is 0 Å². The van der Waals surface area contributed by atoms with Crippen LogP contribution in [0.2, 0.25) is 10.0 Å². The van der Waals surface area contributed by atoms with Crippen LogP contribution in [0.1, 0.15) is 9.67 Å². The number of rotatable bonds is 2. The summed E-state index contributed by atoms with van der Waals surface area (Å²) in [4.78, 5) is 12.3. The van der Waals surface area contributed by atoms with E-state index in [1.807, 2.05) is 6.07 Å². The summed E-state index contributed by atoms with van der Waals surface area (Å²) in [5.74, 6) is 0. The number of halogens is 2. The molecule has 0 aliphatic rings. The average molecular weight is 315 g/mol. The Kier molecular flexibility index (Phi) is 3.07. The predicted octanol–water partition coefficient (Wildman–Crippen LogP) is 4.54. The molecule has 90 valence electrons. The quantitative estimate of drug-likeness (QED) is 0.652. The zero-order chi connectivity index (χ0) is 12.7. The molecule has 1 aromatic carbocycles. The lowest BCUT2D eigenvalue weighted by molar-refractivity contribution is 0.112. The third-order valence-corrected chi connectivity index (χ3v) is 4.58. The number of thiophene rings is 1. The lowest BCUT2D eigenvalue weighted by atomic mass is 10.1. The van der Waals surface area contributed by atoms with Gasteiger partial charge < -0.3 is 0 Å². The van der Waals surface area contributed by atoms with E-state index in [2.05, 4.69) is 8.75 Å². The van der Waals surface area contributed by atoms with Crippen LogP contribution in [0.15, 0.2) is 18.2 Å². The summed E-state index contributed by atoms with van der Waals surface area (Å²) in [7, 11) is 0. The molecule has 0 saturated carbocycles. The van der Waals surface area contributed by atoms with Gasteiger partial charge in [-0.2, -0.15) is 8.75 Å². The lowest BCUT2D eigenvalue weighted by Crippen LogP contribution is -1.81. The number of carbonyl (C=O) groups is 1. The Morgan fingerprint density at radius 2 is 1.89 bits per heavy atom. The Balaban J connectivity index is 2.34. The number of fused-ring (bicyclic) bond motifs is 1. The van der Waals surface area contributed by atoms with Crippen molar-refractivity contribution in [3.05, 3.63) is 33.1 Å². The molecule has 0 aliphatic carbocycles. The van der Waals surface area contributed by atoms with E-state index < -0.39 is 0 Å². The number of aromatic nitrogens is 2. The minimum atomic E-state index is 0.486. The van der Waals surface area contributed by atoms with Gasteiger partial charge in [0.15, 0.2) is 6.29 Å². The maximum absolute atomic E-state index is 10.7. The topological polar surface area (TPSA) is 42.9 Å². The first kappa shape index (κ1) is 12.0. The summed E-state index contributed by atoms with van der Waals surface area (Å²) in [6.45, 7) is 0. The maximum atomic E-state index is 10.7. The van der Waals surface area contributed by atoms with E-state index in [0.29, 0.717) is 26.0 Å². The standard InChI is InChI=1S/C11H4Cl2N2OS2/c12-6-3-7(13)10-11(15-18-14-10)9(6)8-2-1-5(4-16)17-8/h1-4H. The van der Waals surface area contributed by atoms with Crippen LogP contribution in [-0.2, 0) is 0 Å². The minimum absolute atomic E-state index is 0.486. The van der Waals surface area contributed by atoms with Crippen LogP contribution in [-0.4, -0.2) is 15.0 Å². The molecule has 2 aromatic heterocycles. The van der Waals surface area contributed by atoms with Crippen LogP contribution < -0.4 is 0 Å². The van der Waals surface area contributed by atoms with Crippen LogP contribution in [0.5, 0.6) is 0 Å². The van der Waals surface area contributed by atoms with Crippen LogP contribution in [0.4, 0.5) is 0 Å². The molecule has 3 aromatic rings. The third kappa shape index (κ3) is 1.83. The van der Waals surface area contributed by atoms with E-state index in [9.17, 15) is 4.79 Å². The highest BCUT2D eigenvalue weighted by atomic mass is 35.5. The van der Waals surface area contributed by atoms with Gasteiger partial charge in [0.1, 0.15) is 11.0 Å². The molecule has 0 aliphatic heterocycles. The molecule has 0 amide bonds. The van der Waals surface area contributed by atoms with E-state index in [-0.39, 0.29) is 0 Å². The van der Waals surface area contributed by atoms with Gasteiger partial charge >= 0.3 is 0 Å². The highest BCUT2D eigenvalue weighted by Crippen LogP contribution is 2.40. The van der Waals surface area contributed by atoms with Crippen molar-refractivity contribution in [2.24, 2.45) is 0 Å². The van der Waals surface area contributed by atoms with Gasteiger partial charge in [-0.1, -0.05) is 23.2 Å². The van der Waals surface area contributed by atoms with E-state index in [1.54, 1.807) is 12.1 Å². The van der Waals surface area contributed by atoms with Gasteiger partial charge in [-0.3, -0.25) is 4.79 Å². The first-order chi connectivity index (χ1) is 8.70. The van der Waals surface area contributed by atoms with Crippen molar-refractivity contribution in [3.63, 3.8) is 0 Å². The zero-order valence-electron chi connectivity index (χ0n) is 8.68. The largest absolute Gasteiger partial charge is 0.297 e. The van der Waals surface area contributed by atoms with Gasteiger partial charge in [0, 0.05) is 10.4 Å². The van der Waals surface area contributed by atoms with Crippen molar-refractivity contribution in [2.75, 3.05) is 0 Å². The summed E-state index contributed by atoms with van der Waals surface area (Å²) >= 11 is 14.7. The SMILES string of the molecule is O=Cc1ccc(-c2c(Cl)cc(Cl)c3nsnc23)s1. The highest BCUT2D eigenvalue weighted by molar-refractivity contribution is 7.17. The monoisotopic (exact) mass is 314 g/mol. The molecule has 0 saturated heterocycles. The first-order valence-corrected chi connectivity index (χ1v) is 7.16. The average Bonchev–Trinajstić information content (AvgIpc) is 2.97. The smallest absolute Gasteiger partial charge is 0.160 e. The number of aldehydes is 1. The van der Waals surface area contributed by atoms with Crippen molar-refractivity contribution in [1.82, 2.24) is 8.75 Å². The number of hydrogen-bond acceptors (Lipinski definition) is 5. The number of hydrogen-bond donors (Lipinski definition) is 0. The summed E-state index contributed by atoms with van der Waals surface area (Å²) in [5.41, 5.74) is 2.10. The fourth-order valence-electron chi connectivity index (χ4n) is 1.66. The maximum Gasteiger partial charge on any atom is 0.160 e. The number of nitrogens with zero attached hydrogens (tertiary/aromatic N) is 2. The van der Waals surface area contributed by atoms with Crippen molar-refractivity contribution < 1.29 is 4.79 Å². The summed E-state index contributed by atoms with van der Waals surface area (Å²) < 4.78 is 8.38. The lowest BCUT2D eigenvalue weighted by Gasteiger charge is -2.03. The van der Waals surface area contributed by atoms with Gasteiger partial charge in [0.05, 0.1) is 26.7 Å². The third-order valence-electron chi connectivity index (χ3n) is 2.43. The van der Waals surface area contributed by atoms with Gasteiger partial charge in [-0.05, 0) is 18.2 Å². The second kappa shape index (κ2) is 4.59. The molecule has 0 atom stereocenters. The second-order valence-corrected chi connectivity index (χ2v) is 5.95. The molecular formula is C11H4Cl2N2OS2. The summed E-state index contributed by atoms with van der Waals surface area (Å²) in [6.07, 6.45) is 0.814. The Labute approximate surface area is 120 Å². The minimum Gasteiger partial charge on any atom is -0.297 e. The fraction of sp³-hybridized carbons (Fsp3) is 0. The highest BCUT2D eigenvalue weighted by Gasteiger charge is 2.16. The Hall–Kier alpha value is -1.01. The Morgan fingerprint density at radius 3 is 2.61 bits per heavy atom. The summed E-state index contributed by atoms with van der Waals surface area (Å²) in [5, 5.41) is 0.999. The van der Waals surface area contributed by atoms with E-state index in [4.69, 9.17) is 23.2 Å².